The molecule has 1 aromatic rings. The average Bonchev–Trinajstić information content (AvgIpc) is 2.91. The molecule has 0 bridgehead atoms. The minimum atomic E-state index is -4.43. The highest BCUT2D eigenvalue weighted by Crippen LogP contribution is 2.23. The molecule has 8 heteroatoms. The Morgan fingerprint density at radius 2 is 1.96 bits per heavy atom. The Kier molecular flexibility index (Phi) is 5.12. The van der Waals surface area contributed by atoms with Crippen LogP contribution in [0.15, 0.2) is 24.3 Å². The molecule has 0 aromatic heterocycles. The van der Waals surface area contributed by atoms with Crippen LogP contribution in [0.25, 0.3) is 0 Å². The van der Waals surface area contributed by atoms with Gasteiger partial charge in [-0.15, -0.1) is 0 Å². The van der Waals surface area contributed by atoms with Crippen molar-refractivity contribution in [1.82, 2.24) is 5.32 Å². The molecule has 1 aliphatic rings. The van der Waals surface area contributed by atoms with Gasteiger partial charge in [0.15, 0.2) is 0 Å². The molecule has 0 aliphatic carbocycles. The third kappa shape index (κ3) is 4.87. The highest BCUT2D eigenvalue weighted by molar-refractivity contribution is 5.95. The van der Waals surface area contributed by atoms with Gasteiger partial charge in [-0.2, -0.15) is 13.2 Å². The zero-order chi connectivity index (χ0) is 17.0. The molecule has 5 nitrogen and oxygen atoms in total. The van der Waals surface area contributed by atoms with Gasteiger partial charge in [-0.05, 0) is 37.6 Å². The maximum Gasteiger partial charge on any atom is 0.405 e. The van der Waals surface area contributed by atoms with E-state index in [0.717, 1.165) is 12.1 Å². The molecule has 1 aromatic carbocycles. The molecule has 0 spiro atoms. The van der Waals surface area contributed by atoms with Crippen LogP contribution in [0.1, 0.15) is 19.8 Å². The van der Waals surface area contributed by atoms with Crippen molar-refractivity contribution in [2.24, 2.45) is 0 Å². The molecule has 1 unspecified atom stereocenters. The quantitative estimate of drug-likeness (QED) is 0.871. The lowest BCUT2D eigenvalue weighted by atomic mass is 10.2. The summed E-state index contributed by atoms with van der Waals surface area (Å²) in [5.74, 6) is -0.660. The van der Waals surface area contributed by atoms with E-state index in [1.807, 2.05) is 5.32 Å². The summed E-state index contributed by atoms with van der Waals surface area (Å²) in [6.45, 7) is 0.805. The van der Waals surface area contributed by atoms with E-state index in [1.165, 1.54) is 6.92 Å². The molecule has 0 radical (unpaired) electrons. The molecular weight excluding hydrogens is 311 g/mol. The van der Waals surface area contributed by atoms with Crippen molar-refractivity contribution in [2.45, 2.75) is 32.0 Å². The fourth-order valence-electron chi connectivity index (χ4n) is 2.31. The van der Waals surface area contributed by atoms with Crippen molar-refractivity contribution in [1.29, 1.82) is 0 Å². The maximum absolute atomic E-state index is 12.1. The summed E-state index contributed by atoms with van der Waals surface area (Å²) in [5.41, 5.74) is 1.36. The SMILES string of the molecule is CC(Nc1ccc(N2CCCC2=O)cc1)C(=O)NCC(F)(F)F. The van der Waals surface area contributed by atoms with Crippen LogP contribution in [0.3, 0.4) is 0 Å². The van der Waals surface area contributed by atoms with E-state index < -0.39 is 24.7 Å². The van der Waals surface area contributed by atoms with Crippen LogP contribution in [0.4, 0.5) is 24.5 Å². The fraction of sp³-hybridized carbons (Fsp3) is 0.467. The molecule has 1 atom stereocenters. The third-order valence-electron chi connectivity index (χ3n) is 3.49. The van der Waals surface area contributed by atoms with E-state index >= 15 is 0 Å². The van der Waals surface area contributed by atoms with Gasteiger partial charge in [0.25, 0.3) is 0 Å². The van der Waals surface area contributed by atoms with E-state index in [0.29, 0.717) is 18.7 Å². The number of nitrogens with one attached hydrogen (secondary N) is 2. The summed E-state index contributed by atoms with van der Waals surface area (Å²) in [5, 5.41) is 4.65. The Morgan fingerprint density at radius 3 is 2.48 bits per heavy atom. The summed E-state index contributed by atoms with van der Waals surface area (Å²) in [6.07, 6.45) is -3.06. The van der Waals surface area contributed by atoms with Crippen LogP contribution in [0, 0.1) is 0 Å². The van der Waals surface area contributed by atoms with E-state index in [-0.39, 0.29) is 5.91 Å². The zero-order valence-corrected chi connectivity index (χ0v) is 12.6. The van der Waals surface area contributed by atoms with Crippen LogP contribution < -0.4 is 15.5 Å². The van der Waals surface area contributed by atoms with Gasteiger partial charge >= 0.3 is 6.18 Å². The van der Waals surface area contributed by atoms with Crippen LogP contribution >= 0.6 is 0 Å². The summed E-state index contributed by atoms with van der Waals surface area (Å²) in [6, 6.07) is 6.05. The third-order valence-corrected chi connectivity index (χ3v) is 3.49. The number of anilines is 2. The van der Waals surface area contributed by atoms with Crippen LogP contribution in [-0.4, -0.2) is 37.1 Å². The predicted octanol–water partition coefficient (Wildman–Crippen LogP) is 2.29. The van der Waals surface area contributed by atoms with Crippen molar-refractivity contribution in [3.05, 3.63) is 24.3 Å². The van der Waals surface area contributed by atoms with Gasteiger partial charge in [0.2, 0.25) is 11.8 Å². The van der Waals surface area contributed by atoms with Gasteiger partial charge in [0.1, 0.15) is 12.6 Å². The topological polar surface area (TPSA) is 61.4 Å². The van der Waals surface area contributed by atoms with E-state index in [1.54, 1.807) is 29.2 Å². The molecule has 1 aliphatic heterocycles. The highest BCUT2D eigenvalue weighted by atomic mass is 19.4. The first kappa shape index (κ1) is 17.1. The number of benzene rings is 1. The highest BCUT2D eigenvalue weighted by Gasteiger charge is 2.28. The normalized spacial score (nSPS) is 16.3. The molecule has 2 amide bonds. The van der Waals surface area contributed by atoms with E-state index in [9.17, 15) is 22.8 Å². The zero-order valence-electron chi connectivity index (χ0n) is 12.6. The van der Waals surface area contributed by atoms with Crippen molar-refractivity contribution >= 4 is 23.2 Å². The molecule has 0 saturated carbocycles. The Hall–Kier alpha value is -2.25. The fourth-order valence-corrected chi connectivity index (χ4v) is 2.31. The minimum Gasteiger partial charge on any atom is -0.374 e. The predicted molar refractivity (Wildman–Crippen MR) is 80.2 cm³/mol. The standard InChI is InChI=1S/C15H18F3N3O2/c1-10(14(23)19-9-15(16,17)18)20-11-4-6-12(7-5-11)21-8-2-3-13(21)22/h4-7,10,20H,2-3,8-9H2,1H3,(H,19,23). The smallest absolute Gasteiger partial charge is 0.374 e. The second kappa shape index (κ2) is 6.89. The second-order valence-corrected chi connectivity index (χ2v) is 5.39. The number of nitrogens with zero attached hydrogens (tertiary/aromatic N) is 1. The number of halogens is 3. The second-order valence-electron chi connectivity index (χ2n) is 5.39. The molecular formula is C15H18F3N3O2. The number of carbonyl (C=O) groups excluding carboxylic acids is 2. The minimum absolute atomic E-state index is 0.0746. The number of hydrogen-bond donors (Lipinski definition) is 2. The van der Waals surface area contributed by atoms with Gasteiger partial charge in [0.05, 0.1) is 0 Å². The average molecular weight is 329 g/mol. The van der Waals surface area contributed by atoms with Crippen LogP contribution in [0.2, 0.25) is 0 Å². The first-order valence-corrected chi connectivity index (χ1v) is 7.28. The van der Waals surface area contributed by atoms with Gasteiger partial charge < -0.3 is 15.5 Å². The van der Waals surface area contributed by atoms with Crippen molar-refractivity contribution < 1.29 is 22.8 Å². The van der Waals surface area contributed by atoms with Gasteiger partial charge in [-0.1, -0.05) is 0 Å². The Morgan fingerprint density at radius 1 is 1.30 bits per heavy atom. The molecule has 1 fully saturated rings. The number of alkyl halides is 3. The van der Waals surface area contributed by atoms with E-state index in [2.05, 4.69) is 5.32 Å². The van der Waals surface area contributed by atoms with E-state index in [4.69, 9.17) is 0 Å². The van der Waals surface area contributed by atoms with Crippen molar-refractivity contribution in [3.63, 3.8) is 0 Å². The van der Waals surface area contributed by atoms with Gasteiger partial charge in [0, 0.05) is 24.3 Å². The molecule has 126 valence electrons. The lowest BCUT2D eigenvalue weighted by Crippen LogP contribution is -2.42. The molecule has 2 rings (SSSR count). The molecule has 2 N–H and O–H groups in total. The lowest BCUT2D eigenvalue weighted by Gasteiger charge is -2.18. The Bertz CT molecular complexity index is 572. The summed E-state index contributed by atoms with van der Waals surface area (Å²) in [7, 11) is 0. The maximum atomic E-state index is 12.1. The number of rotatable bonds is 5. The monoisotopic (exact) mass is 329 g/mol. The number of hydrogen-bond acceptors (Lipinski definition) is 3. The van der Waals surface area contributed by atoms with Crippen LogP contribution in [0.5, 0.6) is 0 Å². The number of amides is 2. The summed E-state index contributed by atoms with van der Waals surface area (Å²) >= 11 is 0. The first-order chi connectivity index (χ1) is 10.8. The Balaban J connectivity index is 1.90. The molecule has 1 heterocycles. The Labute approximate surface area is 131 Å². The van der Waals surface area contributed by atoms with Gasteiger partial charge in [-0.3, -0.25) is 9.59 Å². The number of carbonyl (C=O) groups is 2. The van der Waals surface area contributed by atoms with Crippen molar-refractivity contribution in [3.8, 4) is 0 Å². The molecule has 1 saturated heterocycles. The van der Waals surface area contributed by atoms with Gasteiger partial charge in [-0.25, -0.2) is 0 Å². The van der Waals surface area contributed by atoms with Crippen molar-refractivity contribution in [2.75, 3.05) is 23.3 Å². The largest absolute Gasteiger partial charge is 0.405 e. The lowest BCUT2D eigenvalue weighted by molar-refractivity contribution is -0.138. The molecule has 23 heavy (non-hydrogen) atoms. The summed E-state index contributed by atoms with van der Waals surface area (Å²) in [4.78, 5) is 24.9. The first-order valence-electron chi connectivity index (χ1n) is 7.28. The van der Waals surface area contributed by atoms with Crippen LogP contribution in [-0.2, 0) is 9.59 Å². The summed E-state index contributed by atoms with van der Waals surface area (Å²) < 4.78 is 36.2.